The number of rotatable bonds is 9. The van der Waals surface area contributed by atoms with Crippen LogP contribution in [0.3, 0.4) is 0 Å². The van der Waals surface area contributed by atoms with Crippen molar-refractivity contribution in [3.05, 3.63) is 53.7 Å². The quantitative estimate of drug-likeness (QED) is 0.358. The van der Waals surface area contributed by atoms with Crippen molar-refractivity contribution in [2.24, 2.45) is 0 Å². The summed E-state index contributed by atoms with van der Waals surface area (Å²) in [6, 6.07) is 13.4. The van der Waals surface area contributed by atoms with Gasteiger partial charge in [0.05, 0.1) is 44.2 Å². The number of carbonyl (C=O) groups is 1. The summed E-state index contributed by atoms with van der Waals surface area (Å²) in [6.45, 7) is 5.16. The van der Waals surface area contributed by atoms with Crippen molar-refractivity contribution in [2.45, 2.75) is 56.5 Å². The number of nitriles is 1. The van der Waals surface area contributed by atoms with Gasteiger partial charge in [-0.3, -0.25) is 9.69 Å². The van der Waals surface area contributed by atoms with Crippen LogP contribution >= 0.6 is 0 Å². The number of halogens is 1. The van der Waals surface area contributed by atoms with Gasteiger partial charge in [0.2, 0.25) is 11.8 Å². The van der Waals surface area contributed by atoms with Crippen LogP contribution in [0.5, 0.6) is 11.6 Å². The van der Waals surface area contributed by atoms with Gasteiger partial charge < -0.3 is 29.5 Å². The first-order chi connectivity index (χ1) is 22.3. The first-order valence-corrected chi connectivity index (χ1v) is 15.6. The fourth-order valence-corrected chi connectivity index (χ4v) is 6.22. The number of methoxy groups -OCH3 is 1. The zero-order valence-electron chi connectivity index (χ0n) is 25.9. The van der Waals surface area contributed by atoms with E-state index in [-0.39, 0.29) is 30.8 Å². The highest BCUT2D eigenvalue weighted by Crippen LogP contribution is 2.35. The number of anilines is 2. The maximum absolute atomic E-state index is 14.9. The number of hydrogen-bond donors (Lipinski definition) is 2. The zero-order chi connectivity index (χ0) is 32.2. The number of likely N-dealkylation sites (tertiary alicyclic amines) is 2. The van der Waals surface area contributed by atoms with Crippen LogP contribution in [0, 0.1) is 11.3 Å². The standard InChI is InChI=1S/C33H38FN7O5/c1-20(42)32(43)41-14-10-29(26(34)17-41)46-28-5-3-22(15-23(28)16-35)27-7-11-36-33(37-27)39-30-6-4-25(31(38-30)44-2)21-8-12-40(13-9-21)24-18-45-19-24/h3-7,11,15,20-21,24,26,29,42H,8-10,12-14,17-19H2,1-2H3,(H,36,37,38,39)/t20-,26-,29-/m1/s1. The number of carbonyl (C=O) groups excluding carboxylic acids is 1. The Morgan fingerprint density at radius 3 is 2.63 bits per heavy atom. The van der Waals surface area contributed by atoms with Crippen LogP contribution in [0.15, 0.2) is 42.6 Å². The molecule has 1 amide bonds. The molecule has 2 aromatic heterocycles. The molecule has 3 aliphatic rings. The Balaban J connectivity index is 1.11. The second-order valence-electron chi connectivity index (χ2n) is 11.9. The van der Waals surface area contributed by atoms with Gasteiger partial charge in [0.15, 0.2) is 6.17 Å². The van der Waals surface area contributed by atoms with Gasteiger partial charge in [0, 0.05) is 30.3 Å². The number of hydrogen-bond acceptors (Lipinski definition) is 11. The van der Waals surface area contributed by atoms with Gasteiger partial charge in [-0.2, -0.15) is 10.2 Å². The van der Waals surface area contributed by atoms with Gasteiger partial charge in [-0.25, -0.2) is 14.4 Å². The van der Waals surface area contributed by atoms with Gasteiger partial charge >= 0.3 is 0 Å². The second kappa shape index (κ2) is 13.9. The molecule has 3 atom stereocenters. The summed E-state index contributed by atoms with van der Waals surface area (Å²) in [5, 5.41) is 22.6. The molecule has 2 N–H and O–H groups in total. The molecular formula is C33H38FN7O5. The summed E-state index contributed by atoms with van der Waals surface area (Å²) in [7, 11) is 1.63. The van der Waals surface area contributed by atoms with Crippen molar-refractivity contribution < 1.29 is 28.5 Å². The molecule has 1 aromatic carbocycles. The molecule has 12 nitrogen and oxygen atoms in total. The summed E-state index contributed by atoms with van der Waals surface area (Å²) in [6.07, 6.45) is 0.466. The van der Waals surface area contributed by atoms with Crippen LogP contribution in [0.25, 0.3) is 11.3 Å². The van der Waals surface area contributed by atoms with Gasteiger partial charge in [0.1, 0.15) is 29.8 Å². The van der Waals surface area contributed by atoms with Crippen molar-refractivity contribution in [3.63, 3.8) is 0 Å². The van der Waals surface area contributed by atoms with E-state index in [9.17, 15) is 19.6 Å². The average molecular weight is 632 g/mol. The van der Waals surface area contributed by atoms with E-state index in [2.05, 4.69) is 32.3 Å². The molecule has 13 heteroatoms. The molecule has 0 saturated carbocycles. The Hall–Kier alpha value is -4.38. The summed E-state index contributed by atoms with van der Waals surface area (Å²) in [5.41, 5.74) is 2.55. The minimum absolute atomic E-state index is 0.176. The molecule has 3 fully saturated rings. The molecule has 0 aliphatic carbocycles. The highest BCUT2D eigenvalue weighted by Gasteiger charge is 2.35. The molecule has 0 unspecified atom stereocenters. The Labute approximate surface area is 267 Å². The summed E-state index contributed by atoms with van der Waals surface area (Å²) in [5.74, 6) is 1.56. The number of amides is 1. The Bertz CT molecular complexity index is 1590. The molecule has 242 valence electrons. The monoisotopic (exact) mass is 631 g/mol. The fraction of sp³-hybridized carbons (Fsp3) is 0.485. The summed E-state index contributed by atoms with van der Waals surface area (Å²) < 4.78 is 31.8. The molecule has 3 aliphatic heterocycles. The molecule has 46 heavy (non-hydrogen) atoms. The highest BCUT2D eigenvalue weighted by molar-refractivity contribution is 5.80. The number of aliphatic hydroxyl groups is 1. The first-order valence-electron chi connectivity index (χ1n) is 15.6. The third-order valence-electron chi connectivity index (χ3n) is 8.91. The van der Waals surface area contributed by atoms with Gasteiger partial charge in [-0.05, 0) is 75.2 Å². The van der Waals surface area contributed by atoms with Crippen LogP contribution in [0.2, 0.25) is 0 Å². The van der Waals surface area contributed by atoms with Gasteiger partial charge in [-0.15, -0.1) is 0 Å². The number of aliphatic hydroxyl groups excluding tert-OH is 1. The minimum Gasteiger partial charge on any atom is -0.486 e. The van der Waals surface area contributed by atoms with Crippen LogP contribution in [0.1, 0.15) is 43.2 Å². The van der Waals surface area contributed by atoms with E-state index in [1.54, 1.807) is 37.6 Å². The topological polar surface area (TPSA) is 146 Å². The SMILES string of the molecule is COc1nc(Nc2nccc(-c3ccc(O[C@@H]4CCN(C(=O)[C@@H](C)O)C[C@H]4F)c(C#N)c3)n2)ccc1C1CCN(C2COC2)CC1. The number of nitrogens with zero attached hydrogens (tertiary/aromatic N) is 6. The van der Waals surface area contributed by atoms with Crippen molar-refractivity contribution in [1.29, 1.82) is 5.26 Å². The van der Waals surface area contributed by atoms with Crippen molar-refractivity contribution in [3.8, 4) is 29.0 Å². The van der Waals surface area contributed by atoms with E-state index in [1.165, 1.54) is 11.8 Å². The molecule has 0 spiro atoms. The smallest absolute Gasteiger partial charge is 0.251 e. The number of aromatic nitrogens is 3. The summed E-state index contributed by atoms with van der Waals surface area (Å²) in [4.78, 5) is 29.5. The van der Waals surface area contributed by atoms with Crippen LogP contribution in [0.4, 0.5) is 16.2 Å². The van der Waals surface area contributed by atoms with E-state index in [4.69, 9.17) is 19.2 Å². The number of nitrogens with one attached hydrogen (secondary N) is 1. The van der Waals surface area contributed by atoms with E-state index in [1.807, 2.05) is 6.07 Å². The number of ether oxygens (including phenoxy) is 3. The molecule has 0 radical (unpaired) electrons. The van der Waals surface area contributed by atoms with E-state index >= 15 is 0 Å². The van der Waals surface area contributed by atoms with Crippen LogP contribution in [-0.4, -0.2) is 107 Å². The van der Waals surface area contributed by atoms with Gasteiger partial charge in [0.25, 0.3) is 5.91 Å². The molecular weight excluding hydrogens is 593 g/mol. The Morgan fingerprint density at radius 2 is 1.96 bits per heavy atom. The minimum atomic E-state index is -1.46. The highest BCUT2D eigenvalue weighted by atomic mass is 19.1. The number of piperidine rings is 2. The van der Waals surface area contributed by atoms with Crippen LogP contribution < -0.4 is 14.8 Å². The maximum Gasteiger partial charge on any atom is 0.251 e. The lowest BCUT2D eigenvalue weighted by Crippen LogP contribution is -2.51. The van der Waals surface area contributed by atoms with E-state index in [0.29, 0.717) is 40.9 Å². The first kappa shape index (κ1) is 31.6. The molecule has 0 bridgehead atoms. The van der Waals surface area contributed by atoms with Crippen molar-refractivity contribution in [1.82, 2.24) is 24.8 Å². The zero-order valence-corrected chi connectivity index (χ0v) is 25.9. The Kier molecular flexibility index (Phi) is 9.58. The fourth-order valence-electron chi connectivity index (χ4n) is 6.22. The third kappa shape index (κ3) is 6.89. The predicted octanol–water partition coefficient (Wildman–Crippen LogP) is 3.44. The van der Waals surface area contributed by atoms with E-state index in [0.717, 1.165) is 44.7 Å². The Morgan fingerprint density at radius 1 is 1.15 bits per heavy atom. The predicted molar refractivity (Wildman–Crippen MR) is 167 cm³/mol. The lowest BCUT2D eigenvalue weighted by molar-refractivity contribution is -0.143. The third-order valence-corrected chi connectivity index (χ3v) is 8.91. The van der Waals surface area contributed by atoms with Crippen molar-refractivity contribution >= 4 is 17.7 Å². The molecule has 5 heterocycles. The number of pyridine rings is 1. The van der Waals surface area contributed by atoms with Gasteiger partial charge in [-0.1, -0.05) is 0 Å². The largest absolute Gasteiger partial charge is 0.486 e. The van der Waals surface area contributed by atoms with E-state index < -0.39 is 24.3 Å². The molecule has 3 aromatic rings. The molecule has 6 rings (SSSR count). The lowest BCUT2D eigenvalue weighted by Gasteiger charge is -2.41. The molecule has 3 saturated heterocycles. The number of alkyl halides is 1. The average Bonchev–Trinajstić information content (AvgIpc) is 3.05. The van der Waals surface area contributed by atoms with Crippen molar-refractivity contribution in [2.75, 3.05) is 51.8 Å². The summed E-state index contributed by atoms with van der Waals surface area (Å²) >= 11 is 0. The lowest BCUT2D eigenvalue weighted by atomic mass is 9.89. The number of benzene rings is 1. The second-order valence-corrected chi connectivity index (χ2v) is 11.9. The normalized spacial score (nSPS) is 21.6. The maximum atomic E-state index is 14.9. The van der Waals surface area contributed by atoms with Crippen LogP contribution in [-0.2, 0) is 9.53 Å².